The van der Waals surface area contributed by atoms with E-state index in [0.29, 0.717) is 13.1 Å². The number of aryl methyl sites for hydroxylation is 1. The predicted octanol–water partition coefficient (Wildman–Crippen LogP) is 1.41. The highest BCUT2D eigenvalue weighted by Crippen LogP contribution is 2.20. The molecule has 0 amide bonds. The van der Waals surface area contributed by atoms with E-state index in [2.05, 4.69) is 15.1 Å². The van der Waals surface area contributed by atoms with Gasteiger partial charge in [0, 0.05) is 37.0 Å². The molecule has 1 aromatic carbocycles. The Balaban J connectivity index is 2.09. The number of rotatable bonds is 7. The van der Waals surface area contributed by atoms with Crippen molar-refractivity contribution in [1.82, 2.24) is 19.8 Å². The number of hydrogen-bond acceptors (Lipinski definition) is 4. The Labute approximate surface area is 139 Å². The fourth-order valence-corrected chi connectivity index (χ4v) is 2.83. The van der Waals surface area contributed by atoms with Crippen molar-refractivity contribution in [3.63, 3.8) is 0 Å². The van der Waals surface area contributed by atoms with Crippen molar-refractivity contribution >= 4 is 10.0 Å². The SMILES string of the molecule is Cc1nn(-c2ccc(F)cc2F)c(C)c1CNCCNS(C)(=O)=O. The summed E-state index contributed by atoms with van der Waals surface area (Å²) >= 11 is 0. The van der Waals surface area contributed by atoms with Gasteiger partial charge >= 0.3 is 0 Å². The van der Waals surface area contributed by atoms with E-state index >= 15 is 0 Å². The van der Waals surface area contributed by atoms with Gasteiger partial charge in [-0.3, -0.25) is 0 Å². The molecule has 6 nitrogen and oxygen atoms in total. The molecule has 1 aromatic heterocycles. The van der Waals surface area contributed by atoms with Gasteiger partial charge in [0.05, 0.1) is 11.9 Å². The highest BCUT2D eigenvalue weighted by atomic mass is 32.2. The Bertz CT molecular complexity index is 834. The van der Waals surface area contributed by atoms with Crippen molar-refractivity contribution in [2.75, 3.05) is 19.3 Å². The molecular weight excluding hydrogens is 338 g/mol. The number of hydrogen-bond donors (Lipinski definition) is 2. The summed E-state index contributed by atoms with van der Waals surface area (Å²) in [5, 5.41) is 7.42. The molecule has 0 fully saturated rings. The van der Waals surface area contributed by atoms with Crippen LogP contribution in [0.25, 0.3) is 5.69 Å². The molecule has 0 spiro atoms. The third-order valence-electron chi connectivity index (χ3n) is 3.55. The third-order valence-corrected chi connectivity index (χ3v) is 4.28. The summed E-state index contributed by atoms with van der Waals surface area (Å²) in [4.78, 5) is 0. The average Bonchev–Trinajstić information content (AvgIpc) is 2.73. The largest absolute Gasteiger partial charge is 0.311 e. The molecule has 0 aliphatic carbocycles. The molecule has 0 atom stereocenters. The number of nitrogens with one attached hydrogen (secondary N) is 2. The van der Waals surface area contributed by atoms with Crippen LogP contribution in [0.3, 0.4) is 0 Å². The lowest BCUT2D eigenvalue weighted by Gasteiger charge is -2.08. The quantitative estimate of drug-likeness (QED) is 0.734. The van der Waals surface area contributed by atoms with E-state index in [9.17, 15) is 17.2 Å². The van der Waals surface area contributed by atoms with Gasteiger partial charge in [-0.2, -0.15) is 5.10 Å². The summed E-state index contributed by atoms with van der Waals surface area (Å²) in [6, 6.07) is 3.35. The molecular formula is C15H20F2N4O2S. The molecule has 0 aliphatic heterocycles. The van der Waals surface area contributed by atoms with Crippen LogP contribution in [0.2, 0.25) is 0 Å². The van der Waals surface area contributed by atoms with E-state index in [4.69, 9.17) is 0 Å². The molecule has 2 rings (SSSR count). The fraction of sp³-hybridized carbons (Fsp3) is 0.400. The molecule has 0 bridgehead atoms. The maximum Gasteiger partial charge on any atom is 0.208 e. The minimum Gasteiger partial charge on any atom is -0.311 e. The first-order chi connectivity index (χ1) is 11.2. The monoisotopic (exact) mass is 358 g/mol. The van der Waals surface area contributed by atoms with E-state index in [-0.39, 0.29) is 12.2 Å². The van der Waals surface area contributed by atoms with E-state index in [1.165, 1.54) is 16.8 Å². The smallest absolute Gasteiger partial charge is 0.208 e. The maximum absolute atomic E-state index is 13.9. The van der Waals surface area contributed by atoms with Gasteiger partial charge in [-0.05, 0) is 26.0 Å². The van der Waals surface area contributed by atoms with E-state index in [1.807, 2.05) is 0 Å². The zero-order valence-corrected chi connectivity index (χ0v) is 14.5. The van der Waals surface area contributed by atoms with Crippen LogP contribution < -0.4 is 10.0 Å². The topological polar surface area (TPSA) is 76.0 Å². The number of halogens is 2. The van der Waals surface area contributed by atoms with E-state index in [0.717, 1.165) is 29.3 Å². The summed E-state index contributed by atoms with van der Waals surface area (Å²) in [7, 11) is -3.20. The zero-order chi connectivity index (χ0) is 17.9. The highest BCUT2D eigenvalue weighted by Gasteiger charge is 2.15. The number of nitrogens with zero attached hydrogens (tertiary/aromatic N) is 2. The van der Waals surface area contributed by atoms with Gasteiger partial charge in [-0.15, -0.1) is 0 Å². The third kappa shape index (κ3) is 4.59. The van der Waals surface area contributed by atoms with Gasteiger partial charge in [-0.25, -0.2) is 26.6 Å². The Morgan fingerprint density at radius 2 is 1.92 bits per heavy atom. The van der Waals surface area contributed by atoms with Gasteiger partial charge in [0.25, 0.3) is 0 Å². The van der Waals surface area contributed by atoms with Crippen LogP contribution in [-0.2, 0) is 16.6 Å². The maximum atomic E-state index is 13.9. The number of sulfonamides is 1. The van der Waals surface area contributed by atoms with Gasteiger partial charge in [0.1, 0.15) is 11.5 Å². The van der Waals surface area contributed by atoms with Gasteiger partial charge in [-0.1, -0.05) is 0 Å². The predicted molar refractivity (Wildman–Crippen MR) is 87.5 cm³/mol. The summed E-state index contributed by atoms with van der Waals surface area (Å²) in [5.41, 5.74) is 2.53. The van der Waals surface area contributed by atoms with Crippen molar-refractivity contribution in [1.29, 1.82) is 0 Å². The second-order valence-electron chi connectivity index (χ2n) is 5.50. The fourth-order valence-electron chi connectivity index (χ4n) is 2.36. The van der Waals surface area contributed by atoms with Crippen LogP contribution in [0, 0.1) is 25.5 Å². The Hall–Kier alpha value is -1.84. The van der Waals surface area contributed by atoms with Crippen molar-refractivity contribution in [2.45, 2.75) is 20.4 Å². The summed E-state index contributed by atoms with van der Waals surface area (Å²) in [6.07, 6.45) is 1.10. The van der Waals surface area contributed by atoms with E-state index < -0.39 is 21.7 Å². The van der Waals surface area contributed by atoms with Crippen molar-refractivity contribution in [3.05, 3.63) is 46.8 Å². The molecule has 0 unspecified atom stereocenters. The molecule has 132 valence electrons. The van der Waals surface area contributed by atoms with Crippen LogP contribution in [0.1, 0.15) is 17.0 Å². The van der Waals surface area contributed by atoms with Crippen molar-refractivity contribution in [3.8, 4) is 5.69 Å². The lowest BCUT2D eigenvalue weighted by Crippen LogP contribution is -2.31. The van der Waals surface area contributed by atoms with Crippen molar-refractivity contribution in [2.24, 2.45) is 0 Å². The lowest BCUT2D eigenvalue weighted by molar-refractivity contribution is 0.572. The molecule has 0 saturated carbocycles. The summed E-state index contributed by atoms with van der Waals surface area (Å²) in [6.45, 7) is 4.79. The average molecular weight is 358 g/mol. The summed E-state index contributed by atoms with van der Waals surface area (Å²) in [5.74, 6) is -1.32. The van der Waals surface area contributed by atoms with Gasteiger partial charge in [0.15, 0.2) is 5.82 Å². The molecule has 2 aromatic rings. The minimum atomic E-state index is -3.20. The van der Waals surface area contributed by atoms with Crippen LogP contribution in [0.4, 0.5) is 8.78 Å². The Kier molecular flexibility index (Phi) is 5.68. The lowest BCUT2D eigenvalue weighted by atomic mass is 10.2. The van der Waals surface area contributed by atoms with Crippen LogP contribution in [-0.4, -0.2) is 37.5 Å². The first-order valence-electron chi connectivity index (χ1n) is 7.35. The number of benzene rings is 1. The molecule has 9 heteroatoms. The molecule has 24 heavy (non-hydrogen) atoms. The molecule has 1 heterocycles. The second-order valence-corrected chi connectivity index (χ2v) is 7.33. The Morgan fingerprint density at radius 1 is 1.21 bits per heavy atom. The normalized spacial score (nSPS) is 11.9. The standard InChI is InChI=1S/C15H20F2N4O2S/c1-10-13(9-18-6-7-19-24(3,22)23)11(2)21(20-10)15-5-4-12(16)8-14(15)17/h4-5,8,18-19H,6-7,9H2,1-3H3. The number of aromatic nitrogens is 2. The van der Waals surface area contributed by atoms with Crippen LogP contribution in [0.5, 0.6) is 0 Å². The zero-order valence-electron chi connectivity index (χ0n) is 13.7. The molecule has 0 saturated heterocycles. The van der Waals surface area contributed by atoms with Gasteiger partial charge in [0.2, 0.25) is 10.0 Å². The first kappa shape index (κ1) is 18.5. The van der Waals surface area contributed by atoms with Crippen LogP contribution >= 0.6 is 0 Å². The summed E-state index contributed by atoms with van der Waals surface area (Å²) < 4.78 is 52.8. The molecule has 2 N–H and O–H groups in total. The molecule has 0 radical (unpaired) electrons. The second kappa shape index (κ2) is 7.37. The van der Waals surface area contributed by atoms with Crippen molar-refractivity contribution < 1.29 is 17.2 Å². The molecule has 0 aliphatic rings. The minimum absolute atomic E-state index is 0.182. The highest BCUT2D eigenvalue weighted by molar-refractivity contribution is 7.88. The Morgan fingerprint density at radius 3 is 2.54 bits per heavy atom. The first-order valence-corrected chi connectivity index (χ1v) is 9.24. The van der Waals surface area contributed by atoms with E-state index in [1.54, 1.807) is 13.8 Å². The van der Waals surface area contributed by atoms with Gasteiger partial charge < -0.3 is 5.32 Å². The van der Waals surface area contributed by atoms with Crippen LogP contribution in [0.15, 0.2) is 18.2 Å².